The van der Waals surface area contributed by atoms with Gasteiger partial charge in [-0.05, 0) is 35.8 Å². The molecule has 0 bridgehead atoms. The van der Waals surface area contributed by atoms with Crippen molar-refractivity contribution in [3.8, 4) is 5.75 Å². The summed E-state index contributed by atoms with van der Waals surface area (Å²) in [7, 11) is 1.55. The molecule has 1 heterocycles. The molecule has 7 nitrogen and oxygen atoms in total. The van der Waals surface area contributed by atoms with Crippen molar-refractivity contribution in [3.63, 3.8) is 0 Å². The molecule has 0 saturated carbocycles. The molecule has 3 rings (SSSR count). The van der Waals surface area contributed by atoms with Gasteiger partial charge in [0.15, 0.2) is 0 Å². The van der Waals surface area contributed by atoms with Crippen LogP contribution < -0.4 is 15.6 Å². The first kappa shape index (κ1) is 19.2. The number of anilines is 1. The van der Waals surface area contributed by atoms with E-state index in [4.69, 9.17) is 14.0 Å². The van der Waals surface area contributed by atoms with E-state index in [1.54, 1.807) is 49.6 Å². The zero-order valence-electron chi connectivity index (χ0n) is 15.6. The zero-order chi connectivity index (χ0) is 19.9. The van der Waals surface area contributed by atoms with Crippen molar-refractivity contribution in [2.45, 2.75) is 19.8 Å². The van der Waals surface area contributed by atoms with E-state index >= 15 is 0 Å². The topological polar surface area (TPSA) is 90.1 Å². The smallest absolute Gasteiger partial charge is 0.335 e. The van der Waals surface area contributed by atoms with Gasteiger partial charge >= 0.3 is 5.97 Å². The predicted octanol–water partition coefficient (Wildman–Crippen LogP) is 3.85. The third kappa shape index (κ3) is 4.56. The maximum Gasteiger partial charge on any atom is 0.335 e. The van der Waals surface area contributed by atoms with Crippen LogP contribution in [0.25, 0.3) is 11.0 Å². The summed E-state index contributed by atoms with van der Waals surface area (Å²) in [5.74, 6) is -0.336. The van der Waals surface area contributed by atoms with E-state index in [9.17, 15) is 9.59 Å². The number of nitrogens with zero attached hydrogens (tertiary/aromatic N) is 1. The highest BCUT2D eigenvalue weighted by molar-refractivity contribution is 6.05. The molecule has 0 aliphatic carbocycles. The van der Waals surface area contributed by atoms with Crippen LogP contribution in [0.2, 0.25) is 0 Å². The lowest BCUT2D eigenvalue weighted by atomic mass is 10.1. The van der Waals surface area contributed by atoms with Crippen molar-refractivity contribution in [2.75, 3.05) is 12.4 Å². The molecule has 28 heavy (non-hydrogen) atoms. The summed E-state index contributed by atoms with van der Waals surface area (Å²) in [5.41, 5.74) is 1.13. The fourth-order valence-electron chi connectivity index (χ4n) is 2.54. The highest BCUT2D eigenvalue weighted by Crippen LogP contribution is 2.18. The van der Waals surface area contributed by atoms with Crippen LogP contribution in [0.3, 0.4) is 0 Å². The van der Waals surface area contributed by atoms with Gasteiger partial charge in [0, 0.05) is 23.6 Å². The van der Waals surface area contributed by atoms with Gasteiger partial charge in [0.1, 0.15) is 16.9 Å². The molecule has 2 aromatic carbocycles. The quantitative estimate of drug-likeness (QED) is 0.518. The summed E-state index contributed by atoms with van der Waals surface area (Å²) in [5, 5.41) is 7.26. The summed E-state index contributed by atoms with van der Waals surface area (Å²) in [6.45, 7) is 1.86. The van der Waals surface area contributed by atoms with Crippen molar-refractivity contribution in [1.29, 1.82) is 0 Å². The maximum absolute atomic E-state index is 12.8. The molecule has 0 unspecified atom stereocenters. The summed E-state index contributed by atoms with van der Waals surface area (Å²) in [6, 6.07) is 15.8. The van der Waals surface area contributed by atoms with Gasteiger partial charge in [-0.3, -0.25) is 4.79 Å². The van der Waals surface area contributed by atoms with Crippen LogP contribution in [0.5, 0.6) is 5.75 Å². The molecule has 0 atom stereocenters. The largest absolute Gasteiger partial charge is 0.497 e. The number of hydrogen-bond donors (Lipinski definition) is 1. The average molecular weight is 380 g/mol. The SMILES string of the molecule is CCCC(=O)ON=c1oc2ccccc2cc1C(=O)Nc1cccc(OC)c1. The number of fused-ring (bicyclic) bond motifs is 1. The van der Waals surface area contributed by atoms with Crippen molar-refractivity contribution in [1.82, 2.24) is 0 Å². The Morgan fingerprint density at radius 1 is 1.11 bits per heavy atom. The number of rotatable bonds is 6. The van der Waals surface area contributed by atoms with Gasteiger partial charge in [0.2, 0.25) is 0 Å². The molecule has 0 aliphatic heterocycles. The number of carbonyl (C=O) groups is 2. The van der Waals surface area contributed by atoms with Gasteiger partial charge in [-0.15, -0.1) is 0 Å². The van der Waals surface area contributed by atoms with Crippen LogP contribution in [-0.2, 0) is 9.63 Å². The predicted molar refractivity (Wildman–Crippen MR) is 104 cm³/mol. The van der Waals surface area contributed by atoms with Crippen molar-refractivity contribution in [3.05, 3.63) is 65.7 Å². The van der Waals surface area contributed by atoms with Crippen LogP contribution in [0, 0.1) is 0 Å². The van der Waals surface area contributed by atoms with Crippen LogP contribution in [-0.4, -0.2) is 19.0 Å². The lowest BCUT2D eigenvalue weighted by molar-refractivity contribution is -0.144. The van der Waals surface area contributed by atoms with E-state index in [-0.39, 0.29) is 17.5 Å². The van der Waals surface area contributed by atoms with Gasteiger partial charge in [0.05, 0.1) is 7.11 Å². The molecular formula is C21H20N2O5. The highest BCUT2D eigenvalue weighted by Gasteiger charge is 2.14. The summed E-state index contributed by atoms with van der Waals surface area (Å²) >= 11 is 0. The Bertz CT molecular complexity index is 1070. The van der Waals surface area contributed by atoms with Crippen LogP contribution in [0.15, 0.2) is 64.2 Å². The molecule has 1 N–H and O–H groups in total. The number of hydrogen-bond acceptors (Lipinski definition) is 6. The fourth-order valence-corrected chi connectivity index (χ4v) is 2.54. The second-order valence-corrected chi connectivity index (χ2v) is 5.99. The van der Waals surface area contributed by atoms with Crippen molar-refractivity contribution in [2.24, 2.45) is 5.16 Å². The molecule has 1 aromatic heterocycles. The number of benzene rings is 2. The lowest BCUT2D eigenvalue weighted by Crippen LogP contribution is -2.22. The zero-order valence-corrected chi connectivity index (χ0v) is 15.6. The monoisotopic (exact) mass is 380 g/mol. The fraction of sp³-hybridized carbons (Fsp3) is 0.190. The second-order valence-electron chi connectivity index (χ2n) is 5.99. The van der Waals surface area contributed by atoms with Gasteiger partial charge in [-0.1, -0.05) is 31.2 Å². The summed E-state index contributed by atoms with van der Waals surface area (Å²) in [4.78, 5) is 29.4. The molecule has 0 radical (unpaired) electrons. The minimum absolute atomic E-state index is 0.0800. The van der Waals surface area contributed by atoms with Crippen LogP contribution in [0.4, 0.5) is 5.69 Å². The molecule has 0 spiro atoms. The average Bonchev–Trinajstić information content (AvgIpc) is 2.71. The van der Waals surface area contributed by atoms with Gasteiger partial charge < -0.3 is 19.3 Å². The molecule has 0 saturated heterocycles. The Morgan fingerprint density at radius 3 is 2.71 bits per heavy atom. The Kier molecular flexibility index (Phi) is 6.06. The highest BCUT2D eigenvalue weighted by atomic mass is 16.7. The molecule has 7 heteroatoms. The second kappa shape index (κ2) is 8.85. The Labute approximate surface area is 161 Å². The van der Waals surface area contributed by atoms with E-state index in [1.165, 1.54) is 0 Å². The van der Waals surface area contributed by atoms with E-state index in [2.05, 4.69) is 10.5 Å². The molecule has 1 amide bonds. The van der Waals surface area contributed by atoms with E-state index in [0.29, 0.717) is 23.4 Å². The maximum atomic E-state index is 12.8. The number of para-hydroxylation sites is 1. The molecular weight excluding hydrogens is 360 g/mol. The Morgan fingerprint density at radius 2 is 1.93 bits per heavy atom. The minimum Gasteiger partial charge on any atom is -0.497 e. The number of methoxy groups -OCH3 is 1. The number of ether oxygens (including phenoxy) is 1. The molecule has 144 valence electrons. The molecule has 3 aromatic rings. The van der Waals surface area contributed by atoms with E-state index < -0.39 is 11.9 Å². The van der Waals surface area contributed by atoms with Crippen molar-refractivity contribution < 1.29 is 23.6 Å². The Hall–Kier alpha value is -3.61. The van der Waals surface area contributed by atoms with E-state index in [1.807, 2.05) is 19.1 Å². The molecule has 0 aliphatic rings. The van der Waals surface area contributed by atoms with Gasteiger partial charge in [-0.25, -0.2) is 4.79 Å². The first-order valence-electron chi connectivity index (χ1n) is 8.83. The van der Waals surface area contributed by atoms with Gasteiger partial charge in [0.25, 0.3) is 11.5 Å². The van der Waals surface area contributed by atoms with Gasteiger partial charge in [-0.2, -0.15) is 0 Å². The molecule has 0 fully saturated rings. The van der Waals surface area contributed by atoms with Crippen molar-refractivity contribution >= 4 is 28.5 Å². The standard InChI is InChI=1S/C21H20N2O5/c1-3-7-19(24)28-23-21-17(12-14-8-4-5-11-18(14)27-21)20(25)22-15-9-6-10-16(13-15)26-2/h4-6,8-13H,3,7H2,1-2H3,(H,22,25). The van der Waals surface area contributed by atoms with Crippen LogP contribution in [0.1, 0.15) is 30.1 Å². The number of carbonyl (C=O) groups excluding carboxylic acids is 2. The number of amides is 1. The lowest BCUT2D eigenvalue weighted by Gasteiger charge is -2.08. The third-order valence-electron chi connectivity index (χ3n) is 3.91. The summed E-state index contributed by atoms with van der Waals surface area (Å²) < 4.78 is 10.9. The van der Waals surface area contributed by atoms with Crippen LogP contribution >= 0.6 is 0 Å². The third-order valence-corrected chi connectivity index (χ3v) is 3.91. The first-order valence-corrected chi connectivity index (χ1v) is 8.83. The van der Waals surface area contributed by atoms with E-state index in [0.717, 1.165) is 5.39 Å². The summed E-state index contributed by atoms with van der Waals surface area (Å²) in [6.07, 6.45) is 0.856. The first-order chi connectivity index (χ1) is 13.6. The normalized spacial score (nSPS) is 11.3. The Balaban J connectivity index is 1.99. The minimum atomic E-state index is -0.495. The number of nitrogens with one attached hydrogen (secondary N) is 1.